The zero-order valence-corrected chi connectivity index (χ0v) is 13.4. The molecule has 1 fully saturated rings. The Balaban J connectivity index is 1.78. The molecule has 0 N–H and O–H groups in total. The van der Waals surface area contributed by atoms with E-state index >= 15 is 0 Å². The molecule has 2 aliphatic rings. The molecule has 0 saturated heterocycles. The van der Waals surface area contributed by atoms with E-state index in [0.29, 0.717) is 0 Å². The van der Waals surface area contributed by atoms with E-state index in [1.807, 2.05) is 11.8 Å². The molecule has 2 aromatic rings. The minimum atomic E-state index is 0.0619. The van der Waals surface area contributed by atoms with Crippen LogP contribution in [0.15, 0.2) is 76.6 Å². The number of aliphatic imine (C=N–C) groups is 1. The summed E-state index contributed by atoms with van der Waals surface area (Å²) >= 11 is 1.82. The van der Waals surface area contributed by atoms with Crippen LogP contribution in [0.3, 0.4) is 0 Å². The van der Waals surface area contributed by atoms with Crippen molar-refractivity contribution in [2.45, 2.75) is 36.0 Å². The van der Waals surface area contributed by atoms with Crippen molar-refractivity contribution < 1.29 is 0 Å². The monoisotopic (exact) mass is 305 g/mol. The van der Waals surface area contributed by atoms with Gasteiger partial charge in [-0.05, 0) is 49.4 Å². The Morgan fingerprint density at radius 2 is 1.77 bits per heavy atom. The van der Waals surface area contributed by atoms with Crippen molar-refractivity contribution in [3.63, 3.8) is 0 Å². The maximum Gasteiger partial charge on any atom is 0.0896 e. The average Bonchev–Trinajstić information content (AvgIpc) is 2.82. The van der Waals surface area contributed by atoms with Crippen LogP contribution in [0, 0.1) is 0 Å². The minimum absolute atomic E-state index is 0.0619. The van der Waals surface area contributed by atoms with E-state index in [9.17, 15) is 0 Å². The molecule has 0 unspecified atom stereocenters. The topological polar surface area (TPSA) is 12.4 Å². The predicted molar refractivity (Wildman–Crippen MR) is 95.1 cm³/mol. The van der Waals surface area contributed by atoms with E-state index in [2.05, 4.69) is 61.2 Å². The molecule has 4 rings (SSSR count). The quantitative estimate of drug-likeness (QED) is 0.598. The number of hydrogen-bond donors (Lipinski definition) is 0. The number of benzene rings is 2. The highest BCUT2D eigenvalue weighted by Gasteiger charge is 2.45. The predicted octanol–water partition coefficient (Wildman–Crippen LogP) is 5.89. The van der Waals surface area contributed by atoms with Crippen LogP contribution in [-0.2, 0) is 5.41 Å². The highest BCUT2D eigenvalue weighted by Crippen LogP contribution is 2.53. The largest absolute Gasteiger partial charge is 0.245 e. The molecule has 0 aromatic heterocycles. The SMILES string of the molecule is C=C1CCC[C@]2(C1)C(Sc1ccccc1)=Nc1ccccc12. The smallest absolute Gasteiger partial charge is 0.0896 e. The van der Waals surface area contributed by atoms with Crippen LogP contribution in [0.4, 0.5) is 5.69 Å². The molecule has 110 valence electrons. The molecule has 1 nitrogen and oxygen atoms in total. The fourth-order valence-electron chi connectivity index (χ4n) is 3.68. The summed E-state index contributed by atoms with van der Waals surface area (Å²) in [6, 6.07) is 19.2. The summed E-state index contributed by atoms with van der Waals surface area (Å²) in [6.45, 7) is 4.28. The molecule has 1 spiro atoms. The van der Waals surface area contributed by atoms with Gasteiger partial charge in [-0.1, -0.05) is 60.3 Å². The van der Waals surface area contributed by atoms with Gasteiger partial charge in [0, 0.05) is 10.3 Å². The van der Waals surface area contributed by atoms with Crippen LogP contribution in [0.2, 0.25) is 0 Å². The Hall–Kier alpha value is -1.80. The van der Waals surface area contributed by atoms with Crippen molar-refractivity contribution in [1.82, 2.24) is 0 Å². The third-order valence-electron chi connectivity index (χ3n) is 4.69. The highest BCUT2D eigenvalue weighted by atomic mass is 32.2. The number of para-hydroxylation sites is 1. The van der Waals surface area contributed by atoms with Gasteiger partial charge in [0.2, 0.25) is 0 Å². The molecule has 1 atom stereocenters. The zero-order valence-electron chi connectivity index (χ0n) is 12.6. The van der Waals surface area contributed by atoms with Crippen molar-refractivity contribution in [2.24, 2.45) is 4.99 Å². The zero-order chi connectivity index (χ0) is 15.0. The summed E-state index contributed by atoms with van der Waals surface area (Å²) in [5.41, 5.74) is 3.97. The first kappa shape index (κ1) is 13.8. The van der Waals surface area contributed by atoms with Gasteiger partial charge >= 0.3 is 0 Å². The molecule has 1 aliphatic carbocycles. The molecule has 0 bridgehead atoms. The first-order valence-corrected chi connectivity index (χ1v) is 8.68. The van der Waals surface area contributed by atoms with Crippen LogP contribution in [0.1, 0.15) is 31.2 Å². The fourth-order valence-corrected chi connectivity index (χ4v) is 4.82. The third kappa shape index (κ3) is 2.22. The standard InChI is InChI=1S/C20H19NS/c1-15-8-7-13-20(14-15)17-11-5-6-12-18(17)21-19(20)22-16-9-3-2-4-10-16/h2-6,9-12H,1,7-8,13-14H2/t20-/m1/s1. The molecular weight excluding hydrogens is 286 g/mol. The Morgan fingerprint density at radius 1 is 1.00 bits per heavy atom. The van der Waals surface area contributed by atoms with Crippen LogP contribution >= 0.6 is 11.8 Å². The van der Waals surface area contributed by atoms with Crippen molar-refractivity contribution in [3.05, 3.63) is 72.3 Å². The maximum absolute atomic E-state index is 5.00. The molecule has 1 aliphatic heterocycles. The van der Waals surface area contributed by atoms with Crippen LogP contribution in [-0.4, -0.2) is 5.04 Å². The lowest BCUT2D eigenvalue weighted by molar-refractivity contribution is 0.459. The molecule has 0 amide bonds. The number of rotatable bonds is 1. The van der Waals surface area contributed by atoms with Crippen molar-refractivity contribution >= 4 is 22.5 Å². The van der Waals surface area contributed by atoms with Crippen LogP contribution in [0.5, 0.6) is 0 Å². The normalized spacial score (nSPS) is 23.5. The second-order valence-corrected chi connectivity index (χ2v) is 7.27. The summed E-state index contributed by atoms with van der Waals surface area (Å²) < 4.78 is 0. The minimum Gasteiger partial charge on any atom is -0.245 e. The van der Waals surface area contributed by atoms with E-state index in [0.717, 1.165) is 18.5 Å². The van der Waals surface area contributed by atoms with E-state index in [-0.39, 0.29) is 5.41 Å². The van der Waals surface area contributed by atoms with Gasteiger partial charge in [-0.3, -0.25) is 0 Å². The molecule has 1 heterocycles. The van der Waals surface area contributed by atoms with Crippen molar-refractivity contribution in [1.29, 1.82) is 0 Å². The number of fused-ring (bicyclic) bond motifs is 2. The van der Waals surface area contributed by atoms with Crippen LogP contribution in [0.25, 0.3) is 0 Å². The number of nitrogens with zero attached hydrogens (tertiary/aromatic N) is 1. The summed E-state index contributed by atoms with van der Waals surface area (Å²) in [6.07, 6.45) is 4.60. The Labute approximate surface area is 136 Å². The van der Waals surface area contributed by atoms with E-state index in [1.165, 1.54) is 33.9 Å². The molecule has 1 saturated carbocycles. The highest BCUT2D eigenvalue weighted by molar-refractivity contribution is 8.14. The summed E-state index contributed by atoms with van der Waals surface area (Å²) in [5, 5.41) is 1.25. The average molecular weight is 305 g/mol. The molecule has 22 heavy (non-hydrogen) atoms. The molecular formula is C20H19NS. The van der Waals surface area contributed by atoms with Crippen LogP contribution < -0.4 is 0 Å². The van der Waals surface area contributed by atoms with Crippen molar-refractivity contribution in [3.8, 4) is 0 Å². The van der Waals surface area contributed by atoms with Gasteiger partial charge in [0.25, 0.3) is 0 Å². The molecule has 0 radical (unpaired) electrons. The van der Waals surface area contributed by atoms with E-state index < -0.39 is 0 Å². The second kappa shape index (κ2) is 5.44. The molecule has 2 heteroatoms. The fraction of sp³-hybridized carbons (Fsp3) is 0.250. The lowest BCUT2D eigenvalue weighted by Crippen LogP contribution is -2.34. The maximum atomic E-state index is 5.00. The Kier molecular flexibility index (Phi) is 3.42. The lowest BCUT2D eigenvalue weighted by Gasteiger charge is -2.36. The molecule has 2 aromatic carbocycles. The summed E-state index contributed by atoms with van der Waals surface area (Å²) in [4.78, 5) is 6.26. The first-order valence-electron chi connectivity index (χ1n) is 7.86. The van der Waals surface area contributed by atoms with E-state index in [4.69, 9.17) is 4.99 Å². The van der Waals surface area contributed by atoms with Crippen molar-refractivity contribution in [2.75, 3.05) is 0 Å². The second-order valence-electron chi connectivity index (χ2n) is 6.21. The van der Waals surface area contributed by atoms with Gasteiger partial charge in [0.15, 0.2) is 0 Å². The summed E-state index contributed by atoms with van der Waals surface area (Å²) in [5.74, 6) is 0. The van der Waals surface area contributed by atoms with Gasteiger partial charge in [-0.2, -0.15) is 0 Å². The Bertz CT molecular complexity index is 747. The number of allylic oxidation sites excluding steroid dienone is 1. The third-order valence-corrected chi connectivity index (χ3v) is 5.88. The van der Waals surface area contributed by atoms with Gasteiger partial charge in [-0.15, -0.1) is 0 Å². The first-order chi connectivity index (χ1) is 10.8. The Morgan fingerprint density at radius 3 is 2.59 bits per heavy atom. The van der Waals surface area contributed by atoms with Gasteiger partial charge in [-0.25, -0.2) is 4.99 Å². The van der Waals surface area contributed by atoms with Gasteiger partial charge in [0.05, 0.1) is 10.7 Å². The van der Waals surface area contributed by atoms with E-state index in [1.54, 1.807) is 0 Å². The van der Waals surface area contributed by atoms with Gasteiger partial charge in [0.1, 0.15) is 0 Å². The number of thioether (sulfide) groups is 1. The summed E-state index contributed by atoms with van der Waals surface area (Å²) in [7, 11) is 0. The lowest BCUT2D eigenvalue weighted by atomic mass is 9.69. The number of hydrogen-bond acceptors (Lipinski definition) is 2. The van der Waals surface area contributed by atoms with Gasteiger partial charge < -0.3 is 0 Å².